The van der Waals surface area contributed by atoms with Crippen molar-refractivity contribution in [2.75, 3.05) is 32.7 Å². The van der Waals surface area contributed by atoms with Crippen molar-refractivity contribution < 1.29 is 4.79 Å². The molecule has 3 atom stereocenters. The molecular weight excluding hydrogens is 320 g/mol. The van der Waals surface area contributed by atoms with Crippen LogP contribution in [0.25, 0.3) is 0 Å². The van der Waals surface area contributed by atoms with Crippen LogP contribution >= 0.6 is 0 Å². The number of amides is 1. The first kappa shape index (κ1) is 18.0. The monoisotopic (exact) mass is 354 g/mol. The highest BCUT2D eigenvalue weighted by Gasteiger charge is 2.48. The topological polar surface area (TPSA) is 23.6 Å². The molecule has 0 spiro atoms. The molecule has 0 radical (unpaired) electrons. The summed E-state index contributed by atoms with van der Waals surface area (Å²) in [4.78, 5) is 17.5. The van der Waals surface area contributed by atoms with Gasteiger partial charge in [0.25, 0.3) is 5.91 Å². The van der Waals surface area contributed by atoms with E-state index >= 15 is 0 Å². The third-order valence-electron chi connectivity index (χ3n) is 7.62. The zero-order valence-electron chi connectivity index (χ0n) is 16.7. The lowest BCUT2D eigenvalue weighted by Gasteiger charge is -2.53. The molecule has 2 unspecified atom stereocenters. The summed E-state index contributed by atoms with van der Waals surface area (Å²) in [5, 5.41) is 0. The maximum atomic E-state index is 12.9. The van der Waals surface area contributed by atoms with E-state index in [1.54, 1.807) is 0 Å². The van der Waals surface area contributed by atoms with E-state index in [1.165, 1.54) is 37.8 Å². The molecule has 1 aromatic carbocycles. The number of carbonyl (C=O) groups excluding carboxylic acids is 1. The molecule has 3 nitrogen and oxygen atoms in total. The lowest BCUT2D eigenvalue weighted by molar-refractivity contribution is 0.0528. The average Bonchev–Trinajstić information content (AvgIpc) is 3.50. The van der Waals surface area contributed by atoms with Gasteiger partial charge in [-0.1, -0.05) is 32.9 Å². The standard InChI is InChI=1S/C23H34N2O/c1-4-23(15-17(2)18(23)3)21-9-7-20(8-10-21)22(26)25-13-11-24(12-14-25)16-19-5-6-19/h7-10,17-19H,4-6,11-16H2,1-3H3/t17?,18?,23-/m1/s1. The largest absolute Gasteiger partial charge is 0.336 e. The number of benzene rings is 1. The van der Waals surface area contributed by atoms with Crippen molar-refractivity contribution in [3.05, 3.63) is 35.4 Å². The van der Waals surface area contributed by atoms with Gasteiger partial charge in [0.15, 0.2) is 0 Å². The number of nitrogens with zero attached hydrogens (tertiary/aromatic N) is 2. The Hall–Kier alpha value is -1.35. The molecule has 1 heterocycles. The first-order valence-electron chi connectivity index (χ1n) is 10.7. The summed E-state index contributed by atoms with van der Waals surface area (Å²) in [6, 6.07) is 8.59. The van der Waals surface area contributed by atoms with Crippen molar-refractivity contribution in [1.29, 1.82) is 0 Å². The zero-order chi connectivity index (χ0) is 18.3. The van der Waals surface area contributed by atoms with Crippen LogP contribution in [0.3, 0.4) is 0 Å². The molecule has 1 saturated heterocycles. The molecule has 142 valence electrons. The van der Waals surface area contributed by atoms with Crippen LogP contribution in [0.1, 0.15) is 62.4 Å². The van der Waals surface area contributed by atoms with Gasteiger partial charge in [-0.05, 0) is 66.5 Å². The summed E-state index contributed by atoms with van der Waals surface area (Å²) in [5.41, 5.74) is 2.61. The number of hydrogen-bond acceptors (Lipinski definition) is 2. The molecule has 3 heteroatoms. The van der Waals surface area contributed by atoms with E-state index in [1.807, 2.05) is 4.90 Å². The van der Waals surface area contributed by atoms with Gasteiger partial charge < -0.3 is 4.90 Å². The van der Waals surface area contributed by atoms with Crippen LogP contribution in [-0.2, 0) is 5.41 Å². The molecule has 0 aromatic heterocycles. The van der Waals surface area contributed by atoms with Crippen molar-refractivity contribution in [2.24, 2.45) is 17.8 Å². The van der Waals surface area contributed by atoms with E-state index in [4.69, 9.17) is 0 Å². The Balaban J connectivity index is 1.38. The first-order valence-corrected chi connectivity index (χ1v) is 10.7. The van der Waals surface area contributed by atoms with Gasteiger partial charge in [-0.25, -0.2) is 0 Å². The first-order chi connectivity index (χ1) is 12.5. The maximum Gasteiger partial charge on any atom is 0.253 e. The van der Waals surface area contributed by atoms with Gasteiger partial charge in [-0.15, -0.1) is 0 Å². The lowest BCUT2D eigenvalue weighted by Crippen LogP contribution is -2.49. The predicted octanol–water partition coefficient (Wildman–Crippen LogP) is 4.18. The maximum absolute atomic E-state index is 12.9. The fourth-order valence-corrected chi connectivity index (χ4v) is 5.30. The van der Waals surface area contributed by atoms with E-state index in [0.29, 0.717) is 5.41 Å². The number of carbonyl (C=O) groups is 1. The minimum Gasteiger partial charge on any atom is -0.336 e. The Morgan fingerprint density at radius 1 is 1.08 bits per heavy atom. The van der Waals surface area contributed by atoms with Crippen LogP contribution in [0.15, 0.2) is 24.3 Å². The Morgan fingerprint density at radius 2 is 1.73 bits per heavy atom. The minimum absolute atomic E-state index is 0.211. The second kappa shape index (κ2) is 6.99. The molecule has 4 rings (SSSR count). The number of piperazine rings is 1. The molecule has 2 saturated carbocycles. The van der Waals surface area contributed by atoms with Crippen LogP contribution in [0.2, 0.25) is 0 Å². The normalized spacial score (nSPS) is 32.3. The molecule has 1 aliphatic heterocycles. The Kier molecular flexibility index (Phi) is 4.85. The van der Waals surface area contributed by atoms with Gasteiger partial charge in [0.05, 0.1) is 0 Å². The molecule has 0 bridgehead atoms. The quantitative estimate of drug-likeness (QED) is 0.792. The van der Waals surface area contributed by atoms with E-state index in [2.05, 4.69) is 49.9 Å². The predicted molar refractivity (Wildman–Crippen MR) is 106 cm³/mol. The van der Waals surface area contributed by atoms with Crippen LogP contribution < -0.4 is 0 Å². The summed E-state index contributed by atoms with van der Waals surface area (Å²) < 4.78 is 0. The van der Waals surface area contributed by atoms with Crippen molar-refractivity contribution in [3.63, 3.8) is 0 Å². The Labute approximate surface area is 158 Å². The Morgan fingerprint density at radius 3 is 2.23 bits per heavy atom. The minimum atomic E-state index is 0.211. The van der Waals surface area contributed by atoms with Gasteiger partial charge in [-0.2, -0.15) is 0 Å². The molecule has 1 amide bonds. The fourth-order valence-electron chi connectivity index (χ4n) is 5.30. The van der Waals surface area contributed by atoms with Gasteiger partial charge in [0.2, 0.25) is 0 Å². The van der Waals surface area contributed by atoms with Crippen LogP contribution in [0.4, 0.5) is 0 Å². The van der Waals surface area contributed by atoms with Crippen LogP contribution in [0.5, 0.6) is 0 Å². The van der Waals surface area contributed by atoms with Crippen molar-refractivity contribution in [3.8, 4) is 0 Å². The van der Waals surface area contributed by atoms with Crippen LogP contribution in [0, 0.1) is 17.8 Å². The molecule has 26 heavy (non-hydrogen) atoms. The third-order valence-corrected chi connectivity index (χ3v) is 7.62. The average molecular weight is 355 g/mol. The highest BCUT2D eigenvalue weighted by Crippen LogP contribution is 2.54. The van der Waals surface area contributed by atoms with Gasteiger partial charge in [-0.3, -0.25) is 9.69 Å². The van der Waals surface area contributed by atoms with Crippen molar-refractivity contribution in [2.45, 2.75) is 51.9 Å². The number of hydrogen-bond donors (Lipinski definition) is 0. The van der Waals surface area contributed by atoms with E-state index in [0.717, 1.165) is 49.5 Å². The van der Waals surface area contributed by atoms with E-state index in [-0.39, 0.29) is 5.91 Å². The zero-order valence-corrected chi connectivity index (χ0v) is 16.7. The van der Waals surface area contributed by atoms with Gasteiger partial charge in [0, 0.05) is 38.3 Å². The molecule has 1 aromatic rings. The van der Waals surface area contributed by atoms with E-state index in [9.17, 15) is 4.79 Å². The van der Waals surface area contributed by atoms with E-state index < -0.39 is 0 Å². The molecule has 2 aliphatic carbocycles. The SMILES string of the molecule is CC[C@@]1(c2ccc(C(=O)N3CCN(CC4CC4)CC3)cc2)CC(C)C1C. The van der Waals surface area contributed by atoms with Crippen molar-refractivity contribution in [1.82, 2.24) is 9.80 Å². The second-order valence-corrected chi connectivity index (χ2v) is 9.09. The van der Waals surface area contributed by atoms with Gasteiger partial charge >= 0.3 is 0 Å². The lowest BCUT2D eigenvalue weighted by atomic mass is 9.51. The number of rotatable bonds is 5. The smallest absolute Gasteiger partial charge is 0.253 e. The summed E-state index contributed by atoms with van der Waals surface area (Å²) in [5.74, 6) is 2.69. The molecule has 3 fully saturated rings. The third kappa shape index (κ3) is 3.19. The summed E-state index contributed by atoms with van der Waals surface area (Å²) in [7, 11) is 0. The summed E-state index contributed by atoms with van der Waals surface area (Å²) in [6.45, 7) is 12.1. The van der Waals surface area contributed by atoms with Gasteiger partial charge in [0.1, 0.15) is 0 Å². The van der Waals surface area contributed by atoms with Crippen molar-refractivity contribution >= 4 is 5.91 Å². The highest BCUT2D eigenvalue weighted by molar-refractivity contribution is 5.94. The highest BCUT2D eigenvalue weighted by atomic mass is 16.2. The molecule has 3 aliphatic rings. The van der Waals surface area contributed by atoms with Crippen LogP contribution in [-0.4, -0.2) is 48.4 Å². The summed E-state index contributed by atoms with van der Waals surface area (Å²) in [6.07, 6.45) is 5.28. The molecular formula is C23H34N2O. The molecule has 0 N–H and O–H groups in total. The fraction of sp³-hybridized carbons (Fsp3) is 0.696. The Bertz CT molecular complexity index is 643. The second-order valence-electron chi connectivity index (χ2n) is 9.09. The summed E-state index contributed by atoms with van der Waals surface area (Å²) >= 11 is 0.